The molecule has 0 radical (unpaired) electrons. The van der Waals surface area contributed by atoms with Gasteiger partial charge in [-0.15, -0.1) is 24.0 Å². The highest BCUT2D eigenvalue weighted by molar-refractivity contribution is 14.0. The van der Waals surface area contributed by atoms with Gasteiger partial charge in [0.2, 0.25) is 0 Å². The lowest BCUT2D eigenvalue weighted by atomic mass is 10.0. The second-order valence-corrected chi connectivity index (χ2v) is 4.45. The largest absolute Gasteiger partial charge is 0.356 e. The molecule has 0 amide bonds. The van der Waals surface area contributed by atoms with Gasteiger partial charge < -0.3 is 10.6 Å². The fraction of sp³-hybridized carbons (Fsp3) is 0.500. The third-order valence-electron chi connectivity index (χ3n) is 2.84. The maximum atomic E-state index is 13.6. The highest BCUT2D eigenvalue weighted by atomic mass is 127. The van der Waals surface area contributed by atoms with Crippen LogP contribution in [-0.4, -0.2) is 26.1 Å². The summed E-state index contributed by atoms with van der Waals surface area (Å²) in [5.41, 5.74) is 0.500. The van der Waals surface area contributed by atoms with Crippen molar-refractivity contribution in [3.8, 4) is 0 Å². The van der Waals surface area contributed by atoms with Gasteiger partial charge in [0.05, 0.1) is 0 Å². The molecule has 1 unspecified atom stereocenters. The first-order chi connectivity index (χ1) is 9.08. The van der Waals surface area contributed by atoms with Crippen molar-refractivity contribution in [3.05, 3.63) is 35.4 Å². The summed E-state index contributed by atoms with van der Waals surface area (Å²) < 4.78 is 26.4. The number of halogens is 3. The monoisotopic (exact) mass is 397 g/mol. The summed E-state index contributed by atoms with van der Waals surface area (Å²) in [6, 6.07) is 3.67. The van der Waals surface area contributed by atoms with Gasteiger partial charge in [-0.25, -0.2) is 8.78 Å². The van der Waals surface area contributed by atoms with Crippen molar-refractivity contribution >= 4 is 29.9 Å². The van der Waals surface area contributed by atoms with E-state index in [4.69, 9.17) is 0 Å². The van der Waals surface area contributed by atoms with E-state index in [1.165, 1.54) is 12.1 Å². The van der Waals surface area contributed by atoms with Crippen LogP contribution in [0.4, 0.5) is 8.78 Å². The lowest BCUT2D eigenvalue weighted by Crippen LogP contribution is -2.39. The molecule has 0 aliphatic carbocycles. The molecule has 6 heteroatoms. The Morgan fingerprint density at radius 3 is 2.55 bits per heavy atom. The van der Waals surface area contributed by atoms with Crippen molar-refractivity contribution in [1.29, 1.82) is 0 Å². The van der Waals surface area contributed by atoms with E-state index in [9.17, 15) is 8.78 Å². The molecule has 3 nitrogen and oxygen atoms in total. The molecule has 0 spiro atoms. The van der Waals surface area contributed by atoms with Crippen molar-refractivity contribution in [1.82, 2.24) is 10.6 Å². The summed E-state index contributed by atoms with van der Waals surface area (Å²) in [5.74, 6) is -0.440. The normalized spacial score (nSPS) is 12.6. The average molecular weight is 397 g/mol. The number of nitrogens with one attached hydrogen (secondary N) is 2. The second kappa shape index (κ2) is 9.90. The summed E-state index contributed by atoms with van der Waals surface area (Å²) in [6.45, 7) is 5.32. The maximum absolute atomic E-state index is 13.6. The number of hydrogen-bond acceptors (Lipinski definition) is 1. The summed E-state index contributed by atoms with van der Waals surface area (Å²) in [6.07, 6.45) is 1.00. The zero-order valence-corrected chi connectivity index (χ0v) is 14.4. The van der Waals surface area contributed by atoms with Crippen LogP contribution in [0.25, 0.3) is 0 Å². The van der Waals surface area contributed by atoms with Crippen molar-refractivity contribution in [2.75, 3.05) is 20.1 Å². The van der Waals surface area contributed by atoms with Gasteiger partial charge in [0.1, 0.15) is 11.6 Å². The van der Waals surface area contributed by atoms with Crippen LogP contribution in [0, 0.1) is 11.6 Å². The van der Waals surface area contributed by atoms with Gasteiger partial charge in [-0.05, 0) is 18.1 Å². The molecule has 2 N–H and O–H groups in total. The molecule has 0 saturated carbocycles. The minimum atomic E-state index is -0.554. The molecule has 0 aromatic heterocycles. The standard InChI is InChI=1S/C14H21F2N3.HI/c1-4-7-18-14(17-3)19-9-10(2)12-6-5-11(15)8-13(12)16;/h5-6,8,10H,4,7,9H2,1-3H3,(H2,17,18,19);1H. The fourth-order valence-corrected chi connectivity index (χ4v) is 1.72. The summed E-state index contributed by atoms with van der Waals surface area (Å²) in [4.78, 5) is 4.07. The zero-order chi connectivity index (χ0) is 14.3. The third-order valence-corrected chi connectivity index (χ3v) is 2.84. The smallest absolute Gasteiger partial charge is 0.190 e. The first-order valence-electron chi connectivity index (χ1n) is 6.48. The van der Waals surface area contributed by atoms with Gasteiger partial charge in [-0.3, -0.25) is 4.99 Å². The molecule has 20 heavy (non-hydrogen) atoms. The summed E-state index contributed by atoms with van der Waals surface area (Å²) >= 11 is 0. The molecular weight excluding hydrogens is 375 g/mol. The highest BCUT2D eigenvalue weighted by Crippen LogP contribution is 2.18. The van der Waals surface area contributed by atoms with E-state index in [1.54, 1.807) is 7.05 Å². The van der Waals surface area contributed by atoms with Crippen molar-refractivity contribution in [2.24, 2.45) is 4.99 Å². The number of nitrogens with zero attached hydrogens (tertiary/aromatic N) is 1. The first kappa shape index (κ1) is 19.1. The van der Waals surface area contributed by atoms with Crippen LogP contribution < -0.4 is 10.6 Å². The minimum Gasteiger partial charge on any atom is -0.356 e. The molecule has 0 fully saturated rings. The van der Waals surface area contributed by atoms with Gasteiger partial charge in [0.15, 0.2) is 5.96 Å². The summed E-state index contributed by atoms with van der Waals surface area (Å²) in [5, 5.41) is 6.26. The zero-order valence-electron chi connectivity index (χ0n) is 12.0. The Hall–Kier alpha value is -0.920. The van der Waals surface area contributed by atoms with E-state index >= 15 is 0 Å². The number of aliphatic imine (C=N–C) groups is 1. The first-order valence-corrected chi connectivity index (χ1v) is 6.48. The van der Waals surface area contributed by atoms with Gasteiger partial charge in [-0.1, -0.05) is 19.9 Å². The Kier molecular flexibility index (Phi) is 9.45. The molecule has 1 rings (SSSR count). The molecule has 1 aromatic carbocycles. The molecule has 1 aromatic rings. The fourth-order valence-electron chi connectivity index (χ4n) is 1.72. The number of rotatable bonds is 5. The molecule has 0 bridgehead atoms. The second-order valence-electron chi connectivity index (χ2n) is 4.45. The van der Waals surface area contributed by atoms with E-state index in [2.05, 4.69) is 22.5 Å². The molecule has 0 aliphatic heterocycles. The quantitative estimate of drug-likeness (QED) is 0.455. The Morgan fingerprint density at radius 1 is 1.30 bits per heavy atom. The van der Waals surface area contributed by atoms with Crippen LogP contribution >= 0.6 is 24.0 Å². The maximum Gasteiger partial charge on any atom is 0.190 e. The number of guanidine groups is 1. The minimum absolute atomic E-state index is 0. The van der Waals surface area contributed by atoms with Crippen molar-refractivity contribution in [3.63, 3.8) is 0 Å². The van der Waals surface area contributed by atoms with Gasteiger partial charge in [-0.2, -0.15) is 0 Å². The summed E-state index contributed by atoms with van der Waals surface area (Å²) in [7, 11) is 1.69. The molecule has 114 valence electrons. The predicted octanol–water partition coefficient (Wildman–Crippen LogP) is 3.26. The molecule has 0 aliphatic rings. The molecule has 0 saturated heterocycles. The topological polar surface area (TPSA) is 36.4 Å². The van der Waals surface area contributed by atoms with Crippen LogP contribution in [0.15, 0.2) is 23.2 Å². The van der Waals surface area contributed by atoms with Crippen LogP contribution in [-0.2, 0) is 0 Å². The van der Waals surface area contributed by atoms with Crippen LogP contribution in [0.1, 0.15) is 31.7 Å². The van der Waals surface area contributed by atoms with E-state index in [0.717, 1.165) is 19.0 Å². The van der Waals surface area contributed by atoms with Crippen molar-refractivity contribution < 1.29 is 8.78 Å². The van der Waals surface area contributed by atoms with Crippen LogP contribution in [0.5, 0.6) is 0 Å². The van der Waals surface area contributed by atoms with Gasteiger partial charge >= 0.3 is 0 Å². The lowest BCUT2D eigenvalue weighted by Gasteiger charge is -2.16. The van der Waals surface area contributed by atoms with Crippen molar-refractivity contribution in [2.45, 2.75) is 26.2 Å². The van der Waals surface area contributed by atoms with E-state index in [-0.39, 0.29) is 29.9 Å². The third kappa shape index (κ3) is 6.02. The predicted molar refractivity (Wildman–Crippen MR) is 89.8 cm³/mol. The highest BCUT2D eigenvalue weighted by Gasteiger charge is 2.12. The Morgan fingerprint density at radius 2 is 2.00 bits per heavy atom. The lowest BCUT2D eigenvalue weighted by molar-refractivity contribution is 0.556. The van der Waals surface area contributed by atoms with Gasteiger partial charge in [0, 0.05) is 32.1 Å². The van der Waals surface area contributed by atoms with Crippen LogP contribution in [0.3, 0.4) is 0 Å². The Bertz CT molecular complexity index is 438. The molecule has 1 atom stereocenters. The Labute approximate surface area is 136 Å². The number of benzene rings is 1. The van der Waals surface area contributed by atoms with E-state index in [0.29, 0.717) is 18.1 Å². The SMILES string of the molecule is CCCNC(=NC)NCC(C)c1ccc(F)cc1F.I. The van der Waals surface area contributed by atoms with Crippen LogP contribution in [0.2, 0.25) is 0 Å². The average Bonchev–Trinajstić information content (AvgIpc) is 2.38. The van der Waals surface area contributed by atoms with Gasteiger partial charge in [0.25, 0.3) is 0 Å². The van der Waals surface area contributed by atoms with E-state index in [1.807, 2.05) is 6.92 Å². The Balaban J connectivity index is 0.00000361. The molecular formula is C14H22F2IN3. The number of hydrogen-bond donors (Lipinski definition) is 2. The molecule has 0 heterocycles. The van der Waals surface area contributed by atoms with E-state index < -0.39 is 11.6 Å².